The number of rotatable bonds is 3. The molecule has 0 spiro atoms. The average Bonchev–Trinajstić information content (AvgIpc) is 3.15. The van der Waals surface area contributed by atoms with E-state index in [9.17, 15) is 0 Å². The average molecular weight is 360 g/mol. The van der Waals surface area contributed by atoms with Gasteiger partial charge in [-0.1, -0.05) is 90.4 Å². The van der Waals surface area contributed by atoms with Crippen molar-refractivity contribution in [3.05, 3.63) is 97.1 Å². The number of benzene rings is 3. The van der Waals surface area contributed by atoms with Gasteiger partial charge in [-0.15, -0.1) is 0 Å². The van der Waals surface area contributed by atoms with Crippen LogP contribution in [-0.2, 0) is 0 Å². The maximum Gasteiger partial charge on any atom is 0.141 e. The minimum Gasteiger partial charge on any atom is -0.317 e. The van der Waals surface area contributed by atoms with Crippen LogP contribution in [0.25, 0.3) is 33.5 Å². The van der Waals surface area contributed by atoms with Crippen LogP contribution in [0, 0.1) is 0 Å². The second kappa shape index (κ2) is 7.01. The van der Waals surface area contributed by atoms with Gasteiger partial charge in [-0.2, -0.15) is 0 Å². The maximum absolute atomic E-state index is 4.98. The van der Waals surface area contributed by atoms with Crippen LogP contribution >= 0.6 is 0 Å². The summed E-state index contributed by atoms with van der Waals surface area (Å²) < 4.78 is 2.37. The third-order valence-corrected chi connectivity index (χ3v) is 5.41. The number of nitrogens with zero attached hydrogens (tertiary/aromatic N) is 2. The molecule has 28 heavy (non-hydrogen) atoms. The van der Waals surface area contributed by atoms with Crippen molar-refractivity contribution in [1.29, 1.82) is 0 Å². The van der Waals surface area contributed by atoms with E-state index < -0.39 is 0 Å². The molecule has 0 bridgehead atoms. The first-order chi connectivity index (χ1) is 13.8. The minimum atomic E-state index is 0.296. The van der Waals surface area contributed by atoms with Crippen LogP contribution in [0.4, 0.5) is 0 Å². The van der Waals surface area contributed by atoms with Crippen molar-refractivity contribution in [2.75, 3.05) is 0 Å². The SMILES string of the molecule is Bc1ccc(-c2ccc(-c3nc4ccccc4n3C3C=CC=CC3)cc2)cc1. The molecule has 0 amide bonds. The van der Waals surface area contributed by atoms with E-state index in [1.807, 2.05) is 0 Å². The van der Waals surface area contributed by atoms with Gasteiger partial charge in [-0.3, -0.25) is 0 Å². The van der Waals surface area contributed by atoms with Gasteiger partial charge in [0.1, 0.15) is 13.7 Å². The Morgan fingerprint density at radius 3 is 2.18 bits per heavy atom. The highest BCUT2D eigenvalue weighted by Crippen LogP contribution is 2.32. The van der Waals surface area contributed by atoms with E-state index in [1.54, 1.807) is 0 Å². The van der Waals surface area contributed by atoms with Crippen LogP contribution in [0.3, 0.4) is 0 Å². The molecule has 5 rings (SSSR count). The van der Waals surface area contributed by atoms with Crippen molar-refractivity contribution in [3.63, 3.8) is 0 Å². The lowest BCUT2D eigenvalue weighted by molar-refractivity contribution is 0.631. The molecule has 1 unspecified atom stereocenters. The van der Waals surface area contributed by atoms with Gasteiger partial charge < -0.3 is 4.57 Å². The molecule has 1 aliphatic rings. The van der Waals surface area contributed by atoms with Gasteiger partial charge in [-0.25, -0.2) is 4.98 Å². The first-order valence-electron chi connectivity index (χ1n) is 9.77. The Bertz CT molecular complexity index is 1180. The summed E-state index contributed by atoms with van der Waals surface area (Å²) in [5.74, 6) is 1.03. The highest BCUT2D eigenvalue weighted by atomic mass is 15.1. The van der Waals surface area contributed by atoms with Crippen LogP contribution in [0.2, 0.25) is 0 Å². The number of allylic oxidation sites excluding steroid dienone is 4. The third kappa shape index (κ3) is 2.99. The van der Waals surface area contributed by atoms with Crippen LogP contribution in [0.15, 0.2) is 97.1 Å². The molecule has 2 nitrogen and oxygen atoms in total. The summed E-state index contributed by atoms with van der Waals surface area (Å²) in [5.41, 5.74) is 7.13. The molecule has 0 saturated heterocycles. The Kier molecular flexibility index (Phi) is 4.21. The van der Waals surface area contributed by atoms with Crippen molar-refractivity contribution >= 4 is 24.3 Å². The summed E-state index contributed by atoms with van der Waals surface area (Å²) in [6, 6.07) is 26.1. The Balaban J connectivity index is 1.60. The minimum absolute atomic E-state index is 0.296. The molecular formula is C25H21BN2. The predicted molar refractivity (Wildman–Crippen MR) is 121 cm³/mol. The van der Waals surface area contributed by atoms with Crippen molar-refractivity contribution in [1.82, 2.24) is 9.55 Å². The second-order valence-electron chi connectivity index (χ2n) is 7.35. The summed E-state index contributed by atoms with van der Waals surface area (Å²) in [4.78, 5) is 4.98. The molecule has 0 saturated carbocycles. The number of para-hydroxylation sites is 2. The van der Waals surface area contributed by atoms with Gasteiger partial charge in [0.05, 0.1) is 17.1 Å². The van der Waals surface area contributed by atoms with E-state index >= 15 is 0 Å². The van der Waals surface area contributed by atoms with Gasteiger partial charge in [0, 0.05) is 5.56 Å². The second-order valence-corrected chi connectivity index (χ2v) is 7.35. The summed E-state index contributed by atoms with van der Waals surface area (Å²) in [5, 5.41) is 0. The van der Waals surface area contributed by atoms with Crippen LogP contribution < -0.4 is 5.46 Å². The molecule has 3 aromatic carbocycles. The molecule has 1 atom stereocenters. The summed E-state index contributed by atoms with van der Waals surface area (Å²) in [6.07, 6.45) is 9.73. The number of imidazole rings is 1. The van der Waals surface area contributed by atoms with Gasteiger partial charge in [-0.05, 0) is 29.7 Å². The lowest BCUT2D eigenvalue weighted by Crippen LogP contribution is -2.08. The topological polar surface area (TPSA) is 17.8 Å². The fourth-order valence-corrected chi connectivity index (χ4v) is 3.90. The van der Waals surface area contributed by atoms with Gasteiger partial charge in [0.25, 0.3) is 0 Å². The Hall–Kier alpha value is -3.33. The van der Waals surface area contributed by atoms with Crippen molar-refractivity contribution < 1.29 is 0 Å². The van der Waals surface area contributed by atoms with Crippen molar-refractivity contribution in [2.24, 2.45) is 0 Å². The van der Waals surface area contributed by atoms with E-state index in [2.05, 4.69) is 110 Å². The first kappa shape index (κ1) is 16.8. The molecule has 0 aliphatic heterocycles. The van der Waals surface area contributed by atoms with Crippen molar-refractivity contribution in [3.8, 4) is 22.5 Å². The van der Waals surface area contributed by atoms with E-state index in [0.717, 1.165) is 23.3 Å². The quantitative estimate of drug-likeness (QED) is 0.485. The third-order valence-electron chi connectivity index (χ3n) is 5.41. The largest absolute Gasteiger partial charge is 0.317 e. The number of hydrogen-bond donors (Lipinski definition) is 0. The number of hydrogen-bond acceptors (Lipinski definition) is 1. The molecule has 1 heterocycles. The first-order valence-corrected chi connectivity index (χ1v) is 9.77. The zero-order chi connectivity index (χ0) is 18.9. The smallest absolute Gasteiger partial charge is 0.141 e. The zero-order valence-corrected chi connectivity index (χ0v) is 15.9. The molecule has 3 heteroatoms. The Morgan fingerprint density at radius 1 is 0.786 bits per heavy atom. The number of fused-ring (bicyclic) bond motifs is 1. The van der Waals surface area contributed by atoms with Crippen LogP contribution in [-0.4, -0.2) is 17.4 Å². The zero-order valence-electron chi connectivity index (χ0n) is 15.9. The lowest BCUT2D eigenvalue weighted by Gasteiger charge is -2.19. The van der Waals surface area contributed by atoms with Crippen LogP contribution in [0.5, 0.6) is 0 Å². The molecule has 0 radical (unpaired) electrons. The monoisotopic (exact) mass is 360 g/mol. The molecule has 134 valence electrons. The van der Waals surface area contributed by atoms with E-state index in [-0.39, 0.29) is 0 Å². The standard InChI is InChI=1S/C25H21BN2/c26-21-16-14-19(15-17-21)18-10-12-20(13-11-18)25-27-23-8-4-5-9-24(23)28(25)22-6-2-1-3-7-22/h1-6,8-17,22H,7,26H2. The molecular weight excluding hydrogens is 339 g/mol. The van der Waals surface area contributed by atoms with Gasteiger partial charge in [0.15, 0.2) is 0 Å². The lowest BCUT2D eigenvalue weighted by atomic mass is 9.93. The Labute approximate surface area is 166 Å². The summed E-state index contributed by atoms with van der Waals surface area (Å²) >= 11 is 0. The van der Waals surface area contributed by atoms with Crippen LogP contribution in [0.1, 0.15) is 12.5 Å². The molecule has 0 N–H and O–H groups in total. The highest BCUT2D eigenvalue weighted by Gasteiger charge is 2.18. The Morgan fingerprint density at radius 2 is 1.46 bits per heavy atom. The van der Waals surface area contributed by atoms with Gasteiger partial charge >= 0.3 is 0 Å². The van der Waals surface area contributed by atoms with E-state index in [4.69, 9.17) is 4.98 Å². The predicted octanol–water partition coefficient (Wildman–Crippen LogP) is 4.69. The maximum atomic E-state index is 4.98. The van der Waals surface area contributed by atoms with E-state index in [1.165, 1.54) is 22.1 Å². The number of aromatic nitrogens is 2. The molecule has 1 aliphatic carbocycles. The highest BCUT2D eigenvalue weighted by molar-refractivity contribution is 6.32. The van der Waals surface area contributed by atoms with E-state index in [0.29, 0.717) is 6.04 Å². The molecule has 4 aromatic rings. The fraction of sp³-hybridized carbons (Fsp3) is 0.0800. The fourth-order valence-electron chi connectivity index (χ4n) is 3.90. The molecule has 0 fully saturated rings. The van der Waals surface area contributed by atoms with Gasteiger partial charge in [0.2, 0.25) is 0 Å². The molecule has 1 aromatic heterocycles. The summed E-state index contributed by atoms with van der Waals surface area (Å²) in [7, 11) is 2.12. The normalized spacial score (nSPS) is 15.9. The van der Waals surface area contributed by atoms with Crippen molar-refractivity contribution in [2.45, 2.75) is 12.5 Å². The summed E-state index contributed by atoms with van der Waals surface area (Å²) in [6.45, 7) is 0.